The fourth-order valence-corrected chi connectivity index (χ4v) is 5.99. The average molecular weight is 746 g/mol. The maximum atomic E-state index is 14.4. The number of benzene rings is 4. The maximum Gasteiger partial charge on any atom is 0.416 e. The molecule has 45 heavy (non-hydrogen) atoms. The second kappa shape index (κ2) is 14.2. The Labute approximate surface area is 275 Å². The zero-order chi connectivity index (χ0) is 32.0. The molecule has 2 N–H and O–H groups in total. The minimum atomic E-state index is -4.51. The van der Waals surface area contributed by atoms with E-state index in [4.69, 9.17) is 19.6 Å². The van der Waals surface area contributed by atoms with Crippen molar-refractivity contribution >= 4 is 43.7 Å². The molecule has 5 rings (SSSR count). The third-order valence-corrected chi connectivity index (χ3v) is 8.84. The van der Waals surface area contributed by atoms with Gasteiger partial charge in [0.1, 0.15) is 5.75 Å². The number of carbonyl (C=O) groups is 1. The molecule has 0 saturated heterocycles. The van der Waals surface area contributed by atoms with Gasteiger partial charge in [-0.3, -0.25) is 4.79 Å². The van der Waals surface area contributed by atoms with Crippen LogP contribution in [-0.2, 0) is 28.7 Å². The van der Waals surface area contributed by atoms with Crippen LogP contribution in [0.2, 0.25) is 0 Å². The number of hydrogen-bond donors (Lipinski definition) is 2. The number of aliphatic hydroxyl groups is 1. The number of nitrogens with one attached hydrogen (secondary N) is 1. The lowest BCUT2D eigenvalue weighted by molar-refractivity contribution is -0.137. The summed E-state index contributed by atoms with van der Waals surface area (Å²) in [6, 6.07) is 26.8. The number of rotatable bonds is 11. The zero-order valence-corrected chi connectivity index (χ0v) is 27.0. The van der Waals surface area contributed by atoms with Crippen LogP contribution in [0.1, 0.15) is 40.3 Å². The third kappa shape index (κ3) is 7.59. The lowest BCUT2D eigenvalue weighted by atomic mass is 9.82. The number of aliphatic imine (C=N–C) groups is 1. The van der Waals surface area contributed by atoms with Gasteiger partial charge >= 0.3 is 6.18 Å². The van der Waals surface area contributed by atoms with Crippen LogP contribution in [0.4, 0.5) is 13.2 Å². The van der Waals surface area contributed by atoms with Gasteiger partial charge < -0.3 is 19.9 Å². The lowest BCUT2D eigenvalue weighted by Crippen LogP contribution is -2.49. The Morgan fingerprint density at radius 2 is 1.67 bits per heavy atom. The maximum absolute atomic E-state index is 14.4. The zero-order valence-electron chi connectivity index (χ0n) is 23.9. The number of nitrogens with zero attached hydrogens (tertiary/aromatic N) is 1. The molecule has 11 heteroatoms. The Bertz CT molecular complexity index is 1680. The van der Waals surface area contributed by atoms with Crippen LogP contribution < -0.4 is 10.1 Å². The van der Waals surface area contributed by atoms with Crippen molar-refractivity contribution in [1.82, 2.24) is 5.32 Å². The van der Waals surface area contributed by atoms with Gasteiger partial charge in [0.15, 0.2) is 11.6 Å². The monoisotopic (exact) mass is 744 g/mol. The Hall–Kier alpha value is -3.67. The van der Waals surface area contributed by atoms with E-state index in [0.717, 1.165) is 22.2 Å². The van der Waals surface area contributed by atoms with Gasteiger partial charge in [-0.25, -0.2) is 4.99 Å². The lowest BCUT2D eigenvalue weighted by Gasteiger charge is -2.31. The van der Waals surface area contributed by atoms with E-state index in [2.05, 4.69) is 37.2 Å². The van der Waals surface area contributed by atoms with Crippen molar-refractivity contribution in [3.8, 4) is 5.75 Å². The van der Waals surface area contributed by atoms with Crippen molar-refractivity contribution in [3.63, 3.8) is 0 Å². The first-order valence-electron chi connectivity index (χ1n) is 14.1. The molecule has 1 aliphatic heterocycles. The van der Waals surface area contributed by atoms with Gasteiger partial charge in [0.05, 0.1) is 12.2 Å². The van der Waals surface area contributed by atoms with E-state index >= 15 is 0 Å². The predicted octanol–water partition coefficient (Wildman–Crippen LogP) is 7.81. The average Bonchev–Trinajstić information content (AvgIpc) is 3.41. The summed E-state index contributed by atoms with van der Waals surface area (Å²) in [4.78, 5) is 19.4. The summed E-state index contributed by atoms with van der Waals surface area (Å²) < 4.78 is 53.8. The Balaban J connectivity index is 1.56. The fourth-order valence-electron chi connectivity index (χ4n) is 5.07. The summed E-state index contributed by atoms with van der Waals surface area (Å²) in [6.07, 6.45) is -4.78. The SMILES string of the molecule is O=C(NCc1cccc(C(F)(F)F)c1)[C@]1(Cc2ccccc2Br)N=C(c2ccc(OCCCO)cc2)O[C@@H]1c1ccccc1Br. The highest BCUT2D eigenvalue weighted by Gasteiger charge is 2.54. The number of halogens is 5. The van der Waals surface area contributed by atoms with E-state index in [0.29, 0.717) is 39.9 Å². The molecule has 0 radical (unpaired) electrons. The fraction of sp³-hybridized carbons (Fsp3) is 0.235. The molecular formula is C34H29Br2F3N2O4. The largest absolute Gasteiger partial charge is 0.494 e. The minimum Gasteiger partial charge on any atom is -0.494 e. The molecule has 4 aromatic rings. The van der Waals surface area contributed by atoms with Crippen molar-refractivity contribution in [2.45, 2.75) is 37.2 Å². The predicted molar refractivity (Wildman–Crippen MR) is 172 cm³/mol. The highest BCUT2D eigenvalue weighted by molar-refractivity contribution is 9.10. The second-order valence-corrected chi connectivity index (χ2v) is 12.2. The molecule has 6 nitrogen and oxygen atoms in total. The molecule has 234 valence electrons. The van der Waals surface area contributed by atoms with Crippen LogP contribution in [0, 0.1) is 0 Å². The van der Waals surface area contributed by atoms with E-state index < -0.39 is 29.3 Å². The first-order valence-corrected chi connectivity index (χ1v) is 15.7. The van der Waals surface area contributed by atoms with Crippen molar-refractivity contribution in [2.24, 2.45) is 4.99 Å². The van der Waals surface area contributed by atoms with Crippen LogP contribution >= 0.6 is 31.9 Å². The molecule has 0 aromatic heterocycles. The highest BCUT2D eigenvalue weighted by Crippen LogP contribution is 2.45. The molecule has 4 aromatic carbocycles. The van der Waals surface area contributed by atoms with Gasteiger partial charge in [0, 0.05) is 46.1 Å². The summed E-state index contributed by atoms with van der Waals surface area (Å²) >= 11 is 7.21. The first kappa shape index (κ1) is 32.7. The first-order chi connectivity index (χ1) is 21.6. The summed E-state index contributed by atoms with van der Waals surface area (Å²) in [6.45, 7) is 0.237. The summed E-state index contributed by atoms with van der Waals surface area (Å²) in [5, 5.41) is 11.9. The topological polar surface area (TPSA) is 80.2 Å². The van der Waals surface area contributed by atoms with Crippen LogP contribution in [-0.4, -0.2) is 35.7 Å². The number of hydrogen-bond acceptors (Lipinski definition) is 5. The van der Waals surface area contributed by atoms with E-state index in [1.54, 1.807) is 24.3 Å². The van der Waals surface area contributed by atoms with Gasteiger partial charge in [0.2, 0.25) is 5.90 Å². The molecular weight excluding hydrogens is 717 g/mol. The minimum absolute atomic E-state index is 0.0224. The number of alkyl halides is 3. The van der Waals surface area contributed by atoms with Crippen molar-refractivity contribution < 1.29 is 32.5 Å². The number of aliphatic hydroxyl groups excluding tert-OH is 1. The normalized spacial score (nSPS) is 17.8. The molecule has 0 unspecified atom stereocenters. The van der Waals surface area contributed by atoms with Crippen molar-refractivity contribution in [1.29, 1.82) is 0 Å². The standard InChI is InChI=1S/C34H29Br2F3N2O4/c35-28-11-3-1-8-24(28)20-33(32(43)40-21-22-7-5-9-25(19-22)34(37,38)39)30(27-10-2-4-12-29(27)36)45-31(41-33)23-13-15-26(16-14-23)44-18-6-17-42/h1-5,7-16,19,30,42H,6,17-18,20-21H2,(H,40,43)/t30-,33-/m1/s1. The van der Waals surface area contributed by atoms with Gasteiger partial charge in [-0.05, 0) is 59.7 Å². The molecule has 0 aliphatic carbocycles. The van der Waals surface area contributed by atoms with E-state index in [1.165, 1.54) is 12.1 Å². The number of carbonyl (C=O) groups excluding carboxylic acids is 1. The Morgan fingerprint density at radius 1 is 0.956 bits per heavy atom. The molecule has 1 aliphatic rings. The van der Waals surface area contributed by atoms with Gasteiger partial charge in [-0.2, -0.15) is 13.2 Å². The van der Waals surface area contributed by atoms with Crippen molar-refractivity contribution in [2.75, 3.05) is 13.2 Å². The van der Waals surface area contributed by atoms with Crippen LogP contribution in [0.5, 0.6) is 5.75 Å². The molecule has 0 bridgehead atoms. The summed E-state index contributed by atoms with van der Waals surface area (Å²) in [5.41, 5.74) is 0.0527. The highest BCUT2D eigenvalue weighted by atomic mass is 79.9. The van der Waals surface area contributed by atoms with Gasteiger partial charge in [-0.15, -0.1) is 0 Å². The van der Waals surface area contributed by atoms with Crippen LogP contribution in [0.3, 0.4) is 0 Å². The van der Waals surface area contributed by atoms with E-state index in [1.807, 2.05) is 48.5 Å². The molecule has 0 fully saturated rings. The molecule has 1 amide bonds. The van der Waals surface area contributed by atoms with E-state index in [9.17, 15) is 18.0 Å². The number of ether oxygens (including phenoxy) is 2. The summed E-state index contributed by atoms with van der Waals surface area (Å²) in [5.74, 6) is 0.334. The smallest absolute Gasteiger partial charge is 0.416 e. The molecule has 0 spiro atoms. The second-order valence-electron chi connectivity index (χ2n) is 10.5. The molecule has 1 heterocycles. The van der Waals surface area contributed by atoms with Gasteiger partial charge in [-0.1, -0.05) is 80.4 Å². The summed E-state index contributed by atoms with van der Waals surface area (Å²) in [7, 11) is 0. The van der Waals surface area contributed by atoms with Gasteiger partial charge in [0.25, 0.3) is 5.91 Å². The molecule has 0 saturated carbocycles. The van der Waals surface area contributed by atoms with Crippen molar-refractivity contribution in [3.05, 3.63) is 134 Å². The van der Waals surface area contributed by atoms with Crippen LogP contribution in [0.15, 0.2) is 111 Å². The Kier molecular flexibility index (Phi) is 10.3. The molecule has 2 atom stereocenters. The van der Waals surface area contributed by atoms with E-state index in [-0.39, 0.29) is 25.5 Å². The quantitative estimate of drug-likeness (QED) is 0.154. The van der Waals surface area contributed by atoms with Crippen LogP contribution in [0.25, 0.3) is 0 Å². The Morgan fingerprint density at radius 3 is 2.36 bits per heavy atom. The number of amides is 1. The third-order valence-electron chi connectivity index (χ3n) is 7.34.